The van der Waals surface area contributed by atoms with Crippen molar-refractivity contribution in [3.05, 3.63) is 52.0 Å². The van der Waals surface area contributed by atoms with Gasteiger partial charge in [-0.1, -0.05) is 19.1 Å². The molecule has 0 saturated carbocycles. The highest BCUT2D eigenvalue weighted by molar-refractivity contribution is 7.19. The predicted molar refractivity (Wildman–Crippen MR) is 110 cm³/mol. The molecule has 3 aromatic rings. The molecule has 0 aliphatic carbocycles. The Kier molecular flexibility index (Phi) is 5.37. The first kappa shape index (κ1) is 19.2. The number of rotatable bonds is 5. The fourth-order valence-electron chi connectivity index (χ4n) is 3.30. The van der Waals surface area contributed by atoms with Crippen molar-refractivity contribution in [1.29, 1.82) is 0 Å². The summed E-state index contributed by atoms with van der Waals surface area (Å²) in [6.45, 7) is 7.92. The minimum atomic E-state index is -0.509. The molecule has 27 heavy (non-hydrogen) atoms. The number of fused-ring (bicyclic) bond motifs is 1. The topological polar surface area (TPSA) is 60.3 Å². The fraction of sp³-hybridized carbons (Fsp3) is 0.333. The van der Waals surface area contributed by atoms with Gasteiger partial charge in [-0.25, -0.2) is 4.79 Å². The molecule has 2 heterocycles. The summed E-state index contributed by atoms with van der Waals surface area (Å²) in [5, 5.41) is 3.04. The number of carbonyl (C=O) groups is 2. The Labute approximate surface area is 163 Å². The standard InChI is InChI=1S/C21H24N2O3S/c1-6-16(20(24)22-15-9-12(2)7-8-13(15)3)23-17-10-14(4)27-19(17)11-18(23)21(25)26-5/h7-11,16H,6H2,1-5H3,(H,22,24). The van der Waals surface area contributed by atoms with Crippen molar-refractivity contribution in [3.8, 4) is 0 Å². The quantitative estimate of drug-likeness (QED) is 0.630. The maximum absolute atomic E-state index is 13.1. The molecule has 142 valence electrons. The molecule has 0 saturated heterocycles. The van der Waals surface area contributed by atoms with Gasteiger partial charge in [0.15, 0.2) is 0 Å². The van der Waals surface area contributed by atoms with Crippen molar-refractivity contribution >= 4 is 39.1 Å². The number of amides is 1. The van der Waals surface area contributed by atoms with Gasteiger partial charge in [0.05, 0.1) is 17.3 Å². The van der Waals surface area contributed by atoms with Crippen LogP contribution in [0.2, 0.25) is 0 Å². The molecule has 1 amide bonds. The largest absolute Gasteiger partial charge is 0.464 e. The van der Waals surface area contributed by atoms with Gasteiger partial charge in [-0.3, -0.25) is 4.79 Å². The number of aryl methyl sites for hydroxylation is 3. The van der Waals surface area contributed by atoms with Crippen LogP contribution < -0.4 is 5.32 Å². The number of carbonyl (C=O) groups excluding carboxylic acids is 2. The maximum atomic E-state index is 13.1. The van der Waals surface area contributed by atoms with Crippen LogP contribution in [0.1, 0.15) is 45.9 Å². The highest BCUT2D eigenvalue weighted by Gasteiger charge is 2.27. The summed E-state index contributed by atoms with van der Waals surface area (Å²) in [7, 11) is 1.36. The number of anilines is 1. The Morgan fingerprint density at radius 3 is 2.59 bits per heavy atom. The van der Waals surface area contributed by atoms with Crippen molar-refractivity contribution in [3.63, 3.8) is 0 Å². The molecule has 1 N–H and O–H groups in total. The molecule has 2 aromatic heterocycles. The zero-order chi connectivity index (χ0) is 19.7. The number of hydrogen-bond acceptors (Lipinski definition) is 4. The maximum Gasteiger partial charge on any atom is 0.354 e. The van der Waals surface area contributed by atoms with Crippen LogP contribution in [-0.4, -0.2) is 23.6 Å². The third-order valence-electron chi connectivity index (χ3n) is 4.70. The van der Waals surface area contributed by atoms with E-state index < -0.39 is 12.0 Å². The van der Waals surface area contributed by atoms with Crippen LogP contribution in [0.25, 0.3) is 10.2 Å². The molecular formula is C21H24N2O3S. The summed E-state index contributed by atoms with van der Waals surface area (Å²) in [5.41, 5.74) is 4.17. The molecule has 1 atom stereocenters. The van der Waals surface area contributed by atoms with Crippen molar-refractivity contribution in [2.24, 2.45) is 0 Å². The molecule has 0 radical (unpaired) electrons. The number of methoxy groups -OCH3 is 1. The summed E-state index contributed by atoms with van der Waals surface area (Å²) in [5.74, 6) is -0.577. The highest BCUT2D eigenvalue weighted by atomic mass is 32.1. The van der Waals surface area contributed by atoms with Gasteiger partial charge in [0.25, 0.3) is 0 Å². The lowest BCUT2D eigenvalue weighted by molar-refractivity contribution is -0.119. The summed E-state index contributed by atoms with van der Waals surface area (Å²) < 4.78 is 7.74. The minimum absolute atomic E-state index is 0.141. The molecular weight excluding hydrogens is 360 g/mol. The van der Waals surface area contributed by atoms with E-state index in [9.17, 15) is 9.59 Å². The molecule has 1 aromatic carbocycles. The molecule has 6 heteroatoms. The average molecular weight is 385 g/mol. The molecule has 0 fully saturated rings. The monoisotopic (exact) mass is 384 g/mol. The SMILES string of the molecule is CCC(C(=O)Nc1cc(C)ccc1C)n1c(C(=O)OC)cc2sc(C)cc21. The van der Waals surface area contributed by atoms with Crippen LogP contribution >= 0.6 is 11.3 Å². The van der Waals surface area contributed by atoms with Crippen molar-refractivity contribution in [2.45, 2.75) is 40.2 Å². The van der Waals surface area contributed by atoms with Crippen LogP contribution in [0.4, 0.5) is 5.69 Å². The van der Waals surface area contributed by atoms with Gasteiger partial charge in [-0.15, -0.1) is 11.3 Å². The van der Waals surface area contributed by atoms with E-state index >= 15 is 0 Å². The lowest BCUT2D eigenvalue weighted by Crippen LogP contribution is -2.28. The second kappa shape index (κ2) is 7.56. The molecule has 0 spiro atoms. The van der Waals surface area contributed by atoms with Crippen molar-refractivity contribution in [2.75, 3.05) is 12.4 Å². The van der Waals surface area contributed by atoms with E-state index in [-0.39, 0.29) is 5.91 Å². The van der Waals surface area contributed by atoms with E-state index in [2.05, 4.69) is 5.32 Å². The summed E-state index contributed by atoms with van der Waals surface area (Å²) in [6, 6.07) is 9.28. The number of hydrogen-bond donors (Lipinski definition) is 1. The van der Waals surface area contributed by atoms with Crippen LogP contribution in [0.3, 0.4) is 0 Å². The van der Waals surface area contributed by atoms with E-state index in [1.807, 2.05) is 62.6 Å². The Balaban J connectivity index is 2.05. The minimum Gasteiger partial charge on any atom is -0.464 e. The second-order valence-electron chi connectivity index (χ2n) is 6.73. The summed E-state index contributed by atoms with van der Waals surface area (Å²) >= 11 is 1.60. The number of benzene rings is 1. The van der Waals surface area contributed by atoms with Gasteiger partial charge in [0.2, 0.25) is 5.91 Å². The lowest BCUT2D eigenvalue weighted by Gasteiger charge is -2.21. The van der Waals surface area contributed by atoms with Gasteiger partial charge in [-0.05, 0) is 56.5 Å². The van der Waals surface area contributed by atoms with Gasteiger partial charge in [0, 0.05) is 10.6 Å². The van der Waals surface area contributed by atoms with E-state index in [1.165, 1.54) is 7.11 Å². The van der Waals surface area contributed by atoms with E-state index in [0.717, 1.165) is 31.9 Å². The number of nitrogens with one attached hydrogen (secondary N) is 1. The van der Waals surface area contributed by atoms with Gasteiger partial charge in [-0.2, -0.15) is 0 Å². The van der Waals surface area contributed by atoms with Crippen LogP contribution in [0.15, 0.2) is 30.3 Å². The van der Waals surface area contributed by atoms with Crippen molar-refractivity contribution < 1.29 is 14.3 Å². The zero-order valence-corrected chi connectivity index (χ0v) is 17.1. The Morgan fingerprint density at radius 1 is 1.19 bits per heavy atom. The molecule has 5 nitrogen and oxygen atoms in total. The second-order valence-corrected chi connectivity index (χ2v) is 8.02. The number of ether oxygens (including phenoxy) is 1. The molecule has 0 aliphatic heterocycles. The smallest absolute Gasteiger partial charge is 0.354 e. The Hall–Kier alpha value is -2.60. The van der Waals surface area contributed by atoms with Crippen molar-refractivity contribution in [1.82, 2.24) is 4.57 Å². The third-order valence-corrected chi connectivity index (χ3v) is 5.68. The number of thiophene rings is 1. The van der Waals surface area contributed by atoms with Gasteiger partial charge in [0.1, 0.15) is 11.7 Å². The van der Waals surface area contributed by atoms with E-state index in [0.29, 0.717) is 12.1 Å². The van der Waals surface area contributed by atoms with Gasteiger partial charge >= 0.3 is 5.97 Å². The summed E-state index contributed by atoms with van der Waals surface area (Å²) in [6.07, 6.45) is 0.555. The first-order valence-corrected chi connectivity index (χ1v) is 9.75. The van der Waals surface area contributed by atoms with E-state index in [1.54, 1.807) is 11.3 Å². The van der Waals surface area contributed by atoms with Gasteiger partial charge < -0.3 is 14.6 Å². The van der Waals surface area contributed by atoms with E-state index in [4.69, 9.17) is 4.74 Å². The predicted octanol–water partition coefficient (Wildman–Crippen LogP) is 5.00. The average Bonchev–Trinajstić information content (AvgIpc) is 3.15. The zero-order valence-electron chi connectivity index (χ0n) is 16.3. The molecule has 0 bridgehead atoms. The number of aromatic nitrogens is 1. The van der Waals surface area contributed by atoms with Crippen LogP contribution in [0, 0.1) is 20.8 Å². The van der Waals surface area contributed by atoms with Crippen LogP contribution in [0.5, 0.6) is 0 Å². The first-order chi connectivity index (χ1) is 12.8. The summed E-state index contributed by atoms with van der Waals surface area (Å²) in [4.78, 5) is 26.6. The third kappa shape index (κ3) is 3.62. The molecule has 1 unspecified atom stereocenters. The molecule has 0 aliphatic rings. The number of esters is 1. The fourth-order valence-corrected chi connectivity index (χ4v) is 4.25. The number of nitrogens with zero attached hydrogens (tertiary/aromatic N) is 1. The molecule has 3 rings (SSSR count). The lowest BCUT2D eigenvalue weighted by atomic mass is 10.1. The Bertz CT molecular complexity index is 1020. The van der Waals surface area contributed by atoms with Crippen LogP contribution in [-0.2, 0) is 9.53 Å². The highest BCUT2D eigenvalue weighted by Crippen LogP contribution is 2.33. The Morgan fingerprint density at radius 2 is 1.93 bits per heavy atom. The normalized spacial score (nSPS) is 12.2. The first-order valence-electron chi connectivity index (χ1n) is 8.93.